The third-order valence-corrected chi connectivity index (χ3v) is 3.92. The first kappa shape index (κ1) is 14.4. The van der Waals surface area contributed by atoms with Crippen LogP contribution in [0.5, 0.6) is 0 Å². The molecule has 0 radical (unpaired) electrons. The summed E-state index contributed by atoms with van der Waals surface area (Å²) >= 11 is 2.89. The number of aliphatic carboxylic acids is 1. The Kier molecular flexibility index (Phi) is 6.46. The largest absolute Gasteiger partial charge is 0.479 e. The molecule has 1 aromatic heterocycles. The van der Waals surface area contributed by atoms with E-state index in [2.05, 4.69) is 9.36 Å². The molecule has 0 saturated carbocycles. The average molecular weight is 276 g/mol. The van der Waals surface area contributed by atoms with Crippen LogP contribution in [0.3, 0.4) is 0 Å². The van der Waals surface area contributed by atoms with E-state index < -0.39 is 12.1 Å². The van der Waals surface area contributed by atoms with Crippen molar-refractivity contribution in [1.29, 1.82) is 0 Å². The maximum absolute atomic E-state index is 10.8. The second kappa shape index (κ2) is 7.62. The van der Waals surface area contributed by atoms with Gasteiger partial charge in [-0.3, -0.25) is 0 Å². The van der Waals surface area contributed by atoms with Crippen molar-refractivity contribution in [2.24, 2.45) is 0 Å². The van der Waals surface area contributed by atoms with E-state index in [9.17, 15) is 4.79 Å². The smallest absolute Gasteiger partial charge is 0.332 e. The van der Waals surface area contributed by atoms with E-state index >= 15 is 0 Å². The van der Waals surface area contributed by atoms with Crippen LogP contribution in [-0.2, 0) is 16.0 Å². The summed E-state index contributed by atoms with van der Waals surface area (Å²) in [5, 5.41) is 8.88. The molecule has 0 amide bonds. The van der Waals surface area contributed by atoms with E-state index in [0.717, 1.165) is 16.6 Å². The molecule has 0 saturated heterocycles. The van der Waals surface area contributed by atoms with Gasteiger partial charge in [0.05, 0.1) is 0 Å². The number of thioether (sulfide) groups is 1. The topological polar surface area (TPSA) is 72.3 Å². The fourth-order valence-corrected chi connectivity index (χ4v) is 2.92. The lowest BCUT2D eigenvalue weighted by atomic mass is 10.3. The average Bonchev–Trinajstić information content (AvgIpc) is 2.75. The molecule has 17 heavy (non-hydrogen) atoms. The number of aryl methyl sites for hydroxylation is 1. The summed E-state index contributed by atoms with van der Waals surface area (Å²) in [5.74, 6) is 0.617. The lowest BCUT2D eigenvalue weighted by Gasteiger charge is -2.10. The van der Waals surface area contributed by atoms with Crippen LogP contribution in [0.25, 0.3) is 0 Å². The highest BCUT2D eigenvalue weighted by Crippen LogP contribution is 2.21. The van der Waals surface area contributed by atoms with Crippen molar-refractivity contribution >= 4 is 29.3 Å². The molecule has 0 aliphatic rings. The molecule has 0 fully saturated rings. The first-order valence-corrected chi connectivity index (χ1v) is 7.23. The Morgan fingerprint density at radius 3 is 2.88 bits per heavy atom. The Morgan fingerprint density at radius 2 is 2.35 bits per heavy atom. The minimum atomic E-state index is -0.904. The Labute approximate surface area is 109 Å². The van der Waals surface area contributed by atoms with Gasteiger partial charge in [-0.05, 0) is 24.9 Å². The van der Waals surface area contributed by atoms with Crippen LogP contribution in [-0.4, -0.2) is 38.9 Å². The number of aromatic nitrogens is 2. The highest BCUT2D eigenvalue weighted by molar-refractivity contribution is 8.00. The van der Waals surface area contributed by atoms with E-state index in [1.165, 1.54) is 23.3 Å². The van der Waals surface area contributed by atoms with Crippen molar-refractivity contribution in [3.8, 4) is 0 Å². The summed E-state index contributed by atoms with van der Waals surface area (Å²) in [4.78, 5) is 15.1. The third kappa shape index (κ3) is 5.01. The normalized spacial score (nSPS) is 12.6. The molecule has 7 heteroatoms. The van der Waals surface area contributed by atoms with Crippen LogP contribution in [0.2, 0.25) is 0 Å². The molecule has 1 heterocycles. The standard InChI is InChI=1S/C10H16N2O3S2/c1-3-8-11-10(17-12-8)16-6-5-7(9(13)14)15-4-2/h7H,3-6H2,1-2H3,(H,13,14). The Morgan fingerprint density at radius 1 is 1.59 bits per heavy atom. The number of hydrogen-bond donors (Lipinski definition) is 1. The van der Waals surface area contributed by atoms with Gasteiger partial charge in [-0.15, -0.1) is 0 Å². The highest BCUT2D eigenvalue weighted by atomic mass is 32.2. The van der Waals surface area contributed by atoms with Crippen LogP contribution in [0.1, 0.15) is 26.1 Å². The molecule has 0 spiro atoms. The zero-order valence-electron chi connectivity index (χ0n) is 9.88. The van der Waals surface area contributed by atoms with Crippen LogP contribution in [0.4, 0.5) is 0 Å². The second-order valence-corrected chi connectivity index (χ2v) is 5.34. The Balaban J connectivity index is 2.32. The molecule has 0 aliphatic carbocycles. The molecule has 1 atom stereocenters. The molecule has 0 aromatic carbocycles. The number of ether oxygens (including phenoxy) is 1. The molecule has 1 unspecified atom stereocenters. The number of carboxylic acid groups (broad SMARTS) is 1. The van der Waals surface area contributed by atoms with Gasteiger partial charge in [0.2, 0.25) is 0 Å². The van der Waals surface area contributed by atoms with E-state index in [1.54, 1.807) is 6.92 Å². The maximum Gasteiger partial charge on any atom is 0.332 e. The van der Waals surface area contributed by atoms with Crippen molar-refractivity contribution in [1.82, 2.24) is 9.36 Å². The van der Waals surface area contributed by atoms with Crippen LogP contribution < -0.4 is 0 Å². The maximum atomic E-state index is 10.8. The fourth-order valence-electron chi connectivity index (χ4n) is 1.17. The van der Waals surface area contributed by atoms with E-state index in [-0.39, 0.29) is 0 Å². The van der Waals surface area contributed by atoms with Gasteiger partial charge in [-0.2, -0.15) is 4.37 Å². The number of carboxylic acids is 1. The Bertz CT molecular complexity index is 357. The number of rotatable bonds is 8. The minimum absolute atomic E-state index is 0.417. The van der Waals surface area contributed by atoms with Crippen LogP contribution >= 0.6 is 23.3 Å². The first-order valence-electron chi connectivity index (χ1n) is 5.47. The van der Waals surface area contributed by atoms with Crippen molar-refractivity contribution in [2.45, 2.75) is 37.1 Å². The van der Waals surface area contributed by atoms with Crippen molar-refractivity contribution in [3.63, 3.8) is 0 Å². The van der Waals surface area contributed by atoms with Crippen LogP contribution in [0.15, 0.2) is 4.34 Å². The summed E-state index contributed by atoms with van der Waals surface area (Å²) in [6, 6.07) is 0. The molecule has 96 valence electrons. The van der Waals surface area contributed by atoms with Gasteiger partial charge in [0.25, 0.3) is 0 Å². The number of carbonyl (C=O) groups is 1. The number of hydrogen-bond acceptors (Lipinski definition) is 6. The molecule has 0 bridgehead atoms. The quantitative estimate of drug-likeness (QED) is 0.733. The second-order valence-electron chi connectivity index (χ2n) is 3.25. The predicted octanol–water partition coefficient (Wildman–Crippen LogP) is 2.07. The van der Waals surface area contributed by atoms with Crippen molar-refractivity contribution in [2.75, 3.05) is 12.4 Å². The van der Waals surface area contributed by atoms with Gasteiger partial charge in [0, 0.05) is 18.8 Å². The molecule has 1 rings (SSSR count). The molecule has 1 N–H and O–H groups in total. The van der Waals surface area contributed by atoms with Crippen molar-refractivity contribution < 1.29 is 14.6 Å². The Hall–Kier alpha value is -0.660. The van der Waals surface area contributed by atoms with Gasteiger partial charge < -0.3 is 9.84 Å². The fraction of sp³-hybridized carbons (Fsp3) is 0.700. The van der Waals surface area contributed by atoms with E-state index in [1.807, 2.05) is 6.92 Å². The van der Waals surface area contributed by atoms with Crippen LogP contribution in [0, 0.1) is 0 Å². The highest BCUT2D eigenvalue weighted by Gasteiger charge is 2.17. The minimum Gasteiger partial charge on any atom is -0.479 e. The molecule has 0 aliphatic heterocycles. The molecular weight excluding hydrogens is 260 g/mol. The lowest BCUT2D eigenvalue weighted by molar-refractivity contribution is -0.150. The predicted molar refractivity (Wildman–Crippen MR) is 67.7 cm³/mol. The molecule has 1 aromatic rings. The first-order chi connectivity index (χ1) is 8.17. The van der Waals surface area contributed by atoms with Gasteiger partial charge in [0.1, 0.15) is 5.82 Å². The zero-order chi connectivity index (χ0) is 12.7. The van der Waals surface area contributed by atoms with E-state index in [4.69, 9.17) is 9.84 Å². The summed E-state index contributed by atoms with van der Waals surface area (Å²) in [6.45, 7) is 4.22. The monoisotopic (exact) mass is 276 g/mol. The summed E-state index contributed by atoms with van der Waals surface area (Å²) in [6.07, 6.45) is 0.592. The van der Waals surface area contributed by atoms with Gasteiger partial charge >= 0.3 is 5.97 Å². The summed E-state index contributed by atoms with van der Waals surface area (Å²) in [7, 11) is 0. The third-order valence-electron chi connectivity index (χ3n) is 2.01. The molecular formula is C10H16N2O3S2. The number of nitrogens with zero attached hydrogens (tertiary/aromatic N) is 2. The summed E-state index contributed by atoms with van der Waals surface area (Å²) in [5.41, 5.74) is 0. The van der Waals surface area contributed by atoms with Gasteiger partial charge in [-0.25, -0.2) is 9.78 Å². The SMILES string of the molecule is CCOC(CCSc1nc(CC)ns1)C(=O)O. The zero-order valence-corrected chi connectivity index (χ0v) is 11.5. The lowest BCUT2D eigenvalue weighted by Crippen LogP contribution is -2.24. The molecule has 5 nitrogen and oxygen atoms in total. The summed E-state index contributed by atoms with van der Waals surface area (Å²) < 4.78 is 10.2. The van der Waals surface area contributed by atoms with E-state index in [0.29, 0.717) is 18.8 Å². The van der Waals surface area contributed by atoms with Gasteiger partial charge in [0.15, 0.2) is 10.4 Å². The van der Waals surface area contributed by atoms with Crippen molar-refractivity contribution in [3.05, 3.63) is 5.82 Å². The van der Waals surface area contributed by atoms with Gasteiger partial charge in [-0.1, -0.05) is 18.7 Å².